The van der Waals surface area contributed by atoms with Gasteiger partial charge in [0.05, 0.1) is 20.1 Å². The highest BCUT2D eigenvalue weighted by molar-refractivity contribution is 7.99. The maximum Gasteiger partial charge on any atom is 0.0927 e. The molecule has 2 radical (unpaired) electrons. The summed E-state index contributed by atoms with van der Waals surface area (Å²) in [5.74, 6) is -0.264. The van der Waals surface area contributed by atoms with Gasteiger partial charge in [0, 0.05) is 13.0 Å². The van der Waals surface area contributed by atoms with Crippen molar-refractivity contribution in [3.63, 3.8) is 0 Å². The molecule has 0 amide bonds. The molecule has 0 aromatic rings. The topological polar surface area (TPSA) is 64.7 Å². The van der Waals surface area contributed by atoms with Crippen LogP contribution in [0.1, 0.15) is 6.42 Å². The average molecular weight is 201 g/mol. The lowest BCUT2D eigenvalue weighted by Crippen LogP contribution is -2.34. The van der Waals surface area contributed by atoms with Gasteiger partial charge in [0.2, 0.25) is 0 Å². The second-order valence-corrected chi connectivity index (χ2v) is 3.42. The Morgan fingerprint density at radius 3 is 3.08 bits per heavy atom. The van der Waals surface area contributed by atoms with Crippen molar-refractivity contribution in [2.24, 2.45) is 5.14 Å². The maximum atomic E-state index is 8.52. The first-order valence-electron chi connectivity index (χ1n) is 3.97. The fourth-order valence-corrected chi connectivity index (χ4v) is 1.47. The summed E-state index contributed by atoms with van der Waals surface area (Å²) in [6, 6.07) is 0. The summed E-state index contributed by atoms with van der Waals surface area (Å²) in [5, 5.41) is 15.5. The van der Waals surface area contributed by atoms with Gasteiger partial charge in [0.15, 0.2) is 0 Å². The molecule has 0 spiro atoms. The highest BCUT2D eigenvalue weighted by atomic mass is 32.2. The molecule has 0 aromatic heterocycles. The van der Waals surface area contributed by atoms with Crippen LogP contribution < -0.4 is 5.14 Å². The molecule has 0 aromatic carbocycles. The van der Waals surface area contributed by atoms with Crippen LogP contribution in [0.2, 0.25) is 5.82 Å². The van der Waals surface area contributed by atoms with Crippen molar-refractivity contribution in [3.05, 3.63) is 11.5 Å². The molecular weight excluding hydrogens is 189 g/mol. The van der Waals surface area contributed by atoms with Gasteiger partial charge >= 0.3 is 0 Å². The van der Waals surface area contributed by atoms with Crippen LogP contribution in [0.4, 0.5) is 0 Å². The van der Waals surface area contributed by atoms with Gasteiger partial charge in [0.1, 0.15) is 0 Å². The standard InChI is InChI=1S/C7H12BNO3S/c8-6-4-11-5(1-2-13-9)3-7(6)12-10/h1-2,5-7,10H,3-4,9H2. The second kappa shape index (κ2) is 5.67. The Hall–Kier alpha value is -0.00506. The molecule has 6 heteroatoms. The zero-order valence-electron chi connectivity index (χ0n) is 7.13. The van der Waals surface area contributed by atoms with Crippen LogP contribution in [0, 0.1) is 0 Å². The Labute approximate surface area is 82.9 Å². The molecule has 3 unspecified atom stereocenters. The zero-order chi connectivity index (χ0) is 9.68. The summed E-state index contributed by atoms with van der Waals surface area (Å²) in [5.41, 5.74) is 0. The largest absolute Gasteiger partial charge is 0.374 e. The van der Waals surface area contributed by atoms with Crippen LogP contribution in [0.5, 0.6) is 0 Å². The minimum atomic E-state index is -0.355. The molecule has 0 bridgehead atoms. The van der Waals surface area contributed by atoms with E-state index in [1.165, 1.54) is 0 Å². The first-order chi connectivity index (χ1) is 6.27. The molecule has 1 rings (SSSR count). The second-order valence-electron chi connectivity index (χ2n) is 2.88. The molecule has 13 heavy (non-hydrogen) atoms. The molecule has 1 fully saturated rings. The number of hydrogen-bond donors (Lipinski definition) is 2. The van der Waals surface area contributed by atoms with Gasteiger partial charge in [-0.25, -0.2) is 4.89 Å². The van der Waals surface area contributed by atoms with Gasteiger partial charge in [0.25, 0.3) is 0 Å². The van der Waals surface area contributed by atoms with E-state index in [4.69, 9.17) is 23.0 Å². The lowest BCUT2D eigenvalue weighted by atomic mass is 9.79. The molecule has 1 saturated heterocycles. The molecule has 1 heterocycles. The van der Waals surface area contributed by atoms with Crippen LogP contribution in [0.3, 0.4) is 0 Å². The lowest BCUT2D eigenvalue weighted by molar-refractivity contribution is -0.292. The lowest BCUT2D eigenvalue weighted by Gasteiger charge is -2.31. The van der Waals surface area contributed by atoms with E-state index in [1.807, 2.05) is 6.08 Å². The summed E-state index contributed by atoms with van der Waals surface area (Å²) in [6.45, 7) is 0.384. The Morgan fingerprint density at radius 1 is 1.69 bits per heavy atom. The minimum Gasteiger partial charge on any atom is -0.374 e. The first-order valence-corrected chi connectivity index (χ1v) is 4.91. The smallest absolute Gasteiger partial charge is 0.0927 e. The summed E-state index contributed by atoms with van der Waals surface area (Å²) in [4.78, 5) is 4.24. The maximum absolute atomic E-state index is 8.52. The normalized spacial score (nSPS) is 35.4. The van der Waals surface area contributed by atoms with Crippen molar-refractivity contribution in [3.8, 4) is 0 Å². The molecule has 0 aliphatic carbocycles. The third-order valence-electron chi connectivity index (χ3n) is 1.95. The van der Waals surface area contributed by atoms with E-state index in [0.717, 1.165) is 11.9 Å². The number of nitrogens with two attached hydrogens (primary N) is 1. The fourth-order valence-electron chi connectivity index (χ4n) is 1.20. The quantitative estimate of drug-likeness (QED) is 0.304. The van der Waals surface area contributed by atoms with Gasteiger partial charge in [-0.15, -0.1) is 0 Å². The SMILES string of the molecule is [B]C1COC(C=CSN)CC1OO. The van der Waals surface area contributed by atoms with Crippen LogP contribution in [0.15, 0.2) is 11.5 Å². The van der Waals surface area contributed by atoms with Crippen LogP contribution in [-0.4, -0.2) is 31.9 Å². The van der Waals surface area contributed by atoms with Gasteiger partial charge in [-0.2, -0.15) is 0 Å². The molecule has 4 nitrogen and oxygen atoms in total. The average Bonchev–Trinajstić information content (AvgIpc) is 2.16. The summed E-state index contributed by atoms with van der Waals surface area (Å²) in [7, 11) is 5.62. The summed E-state index contributed by atoms with van der Waals surface area (Å²) >= 11 is 1.11. The van der Waals surface area contributed by atoms with E-state index in [1.54, 1.807) is 5.41 Å². The zero-order valence-corrected chi connectivity index (χ0v) is 7.94. The third-order valence-corrected chi connectivity index (χ3v) is 2.27. The van der Waals surface area contributed by atoms with Gasteiger partial charge in [-0.1, -0.05) is 11.9 Å². The van der Waals surface area contributed by atoms with Crippen molar-refractivity contribution in [1.29, 1.82) is 0 Å². The predicted molar refractivity (Wildman–Crippen MR) is 52.3 cm³/mol. The molecule has 1 aliphatic rings. The van der Waals surface area contributed by atoms with E-state index >= 15 is 0 Å². The summed E-state index contributed by atoms with van der Waals surface area (Å²) < 4.78 is 5.35. The Morgan fingerprint density at radius 2 is 2.46 bits per heavy atom. The summed E-state index contributed by atoms with van der Waals surface area (Å²) in [6.07, 6.45) is 1.94. The van der Waals surface area contributed by atoms with E-state index in [2.05, 4.69) is 4.89 Å². The molecule has 3 atom stereocenters. The Bertz CT molecular complexity index is 181. The third kappa shape index (κ3) is 3.32. The fraction of sp³-hybridized carbons (Fsp3) is 0.714. The monoisotopic (exact) mass is 201 g/mol. The molecule has 72 valence electrons. The van der Waals surface area contributed by atoms with Gasteiger partial charge in [-0.3, -0.25) is 10.4 Å². The van der Waals surface area contributed by atoms with Crippen molar-refractivity contribution in [2.75, 3.05) is 6.61 Å². The van der Waals surface area contributed by atoms with Crippen molar-refractivity contribution in [1.82, 2.24) is 0 Å². The molecular formula is C7H12BNO3S. The van der Waals surface area contributed by atoms with E-state index in [9.17, 15) is 0 Å². The number of ether oxygens (including phenoxy) is 1. The highest BCUT2D eigenvalue weighted by Crippen LogP contribution is 2.24. The van der Waals surface area contributed by atoms with E-state index < -0.39 is 0 Å². The Kier molecular flexibility index (Phi) is 4.83. The predicted octanol–water partition coefficient (Wildman–Crippen LogP) is 0.711. The van der Waals surface area contributed by atoms with Crippen molar-refractivity contribution >= 4 is 19.8 Å². The molecule has 0 saturated carbocycles. The van der Waals surface area contributed by atoms with Crippen molar-refractivity contribution in [2.45, 2.75) is 24.4 Å². The Balaban J connectivity index is 2.40. The number of hydrogen-bond acceptors (Lipinski definition) is 5. The van der Waals surface area contributed by atoms with Gasteiger partial charge in [-0.05, 0) is 17.3 Å². The van der Waals surface area contributed by atoms with Crippen LogP contribution in [0.25, 0.3) is 0 Å². The van der Waals surface area contributed by atoms with Gasteiger partial charge < -0.3 is 4.74 Å². The van der Waals surface area contributed by atoms with E-state index in [0.29, 0.717) is 13.0 Å². The van der Waals surface area contributed by atoms with Crippen molar-refractivity contribution < 1.29 is 14.9 Å². The number of rotatable bonds is 3. The minimum absolute atomic E-state index is 0.0759. The molecule has 3 N–H and O–H groups in total. The van der Waals surface area contributed by atoms with E-state index in [-0.39, 0.29) is 18.0 Å². The van der Waals surface area contributed by atoms with Crippen LogP contribution in [-0.2, 0) is 9.62 Å². The molecule has 1 aliphatic heterocycles. The first kappa shape index (κ1) is 11.1. The highest BCUT2D eigenvalue weighted by Gasteiger charge is 2.27. The van der Waals surface area contributed by atoms with Crippen LogP contribution >= 0.6 is 11.9 Å².